The van der Waals surface area contributed by atoms with Crippen LogP contribution in [0.1, 0.15) is 5.56 Å². The molecular formula is C14H13BrN2O4. The molecule has 1 N–H and O–H groups in total. The molecule has 3 amide bonds. The highest BCUT2D eigenvalue weighted by Crippen LogP contribution is 2.17. The van der Waals surface area contributed by atoms with Crippen LogP contribution in [0.15, 0.2) is 34.8 Å². The van der Waals surface area contributed by atoms with Gasteiger partial charge in [0.05, 0.1) is 0 Å². The first kappa shape index (κ1) is 15.2. The van der Waals surface area contributed by atoms with E-state index in [4.69, 9.17) is 4.74 Å². The van der Waals surface area contributed by atoms with Crippen molar-refractivity contribution in [1.29, 1.82) is 0 Å². The van der Waals surface area contributed by atoms with Gasteiger partial charge in [-0.2, -0.15) is 0 Å². The van der Waals surface area contributed by atoms with Crippen LogP contribution in [0.2, 0.25) is 0 Å². The molecule has 6 nitrogen and oxygen atoms in total. The second-order valence-electron chi connectivity index (χ2n) is 4.24. The molecule has 0 aromatic heterocycles. The summed E-state index contributed by atoms with van der Waals surface area (Å²) in [7, 11) is 0. The van der Waals surface area contributed by atoms with Crippen LogP contribution in [0.3, 0.4) is 0 Å². The Balaban J connectivity index is 1.84. The minimum absolute atomic E-state index is 0.294. The molecule has 1 saturated heterocycles. The normalized spacial score (nSPS) is 14.3. The average molecular weight is 353 g/mol. The van der Waals surface area contributed by atoms with Gasteiger partial charge < -0.3 is 10.1 Å². The number of esters is 1. The number of carbonyl (C=O) groups excluding carboxylic acids is 3. The predicted molar refractivity (Wildman–Crippen MR) is 79.2 cm³/mol. The number of carbonyl (C=O) groups is 3. The van der Waals surface area contributed by atoms with Crippen LogP contribution in [-0.4, -0.2) is 42.5 Å². The van der Waals surface area contributed by atoms with Crippen LogP contribution < -0.4 is 5.32 Å². The Morgan fingerprint density at radius 3 is 2.81 bits per heavy atom. The van der Waals surface area contributed by atoms with E-state index < -0.39 is 24.5 Å². The first-order valence-electron chi connectivity index (χ1n) is 6.25. The summed E-state index contributed by atoms with van der Waals surface area (Å²) in [5, 5.41) is 2.50. The number of benzene rings is 1. The van der Waals surface area contributed by atoms with Gasteiger partial charge in [-0.05, 0) is 17.7 Å². The maximum Gasteiger partial charge on any atom is 0.331 e. The van der Waals surface area contributed by atoms with Crippen molar-refractivity contribution in [3.63, 3.8) is 0 Å². The zero-order valence-corrected chi connectivity index (χ0v) is 12.6. The van der Waals surface area contributed by atoms with Crippen molar-refractivity contribution in [2.75, 3.05) is 19.7 Å². The number of hydrogen-bond acceptors (Lipinski definition) is 4. The highest BCUT2D eigenvalue weighted by molar-refractivity contribution is 9.10. The maximum atomic E-state index is 11.6. The molecule has 1 aliphatic heterocycles. The number of ether oxygens (including phenoxy) is 1. The Bertz CT molecular complexity index is 600. The summed E-state index contributed by atoms with van der Waals surface area (Å²) in [6.07, 6.45) is 2.82. The number of urea groups is 1. The lowest BCUT2D eigenvalue weighted by molar-refractivity contribution is -0.146. The third kappa shape index (κ3) is 4.16. The molecule has 0 radical (unpaired) electrons. The van der Waals surface area contributed by atoms with Crippen molar-refractivity contribution in [1.82, 2.24) is 10.2 Å². The molecule has 1 fully saturated rings. The van der Waals surface area contributed by atoms with Crippen molar-refractivity contribution < 1.29 is 19.1 Å². The Labute approximate surface area is 129 Å². The van der Waals surface area contributed by atoms with Gasteiger partial charge in [0.15, 0.2) is 6.61 Å². The van der Waals surface area contributed by atoms with Crippen molar-refractivity contribution in [3.05, 3.63) is 40.4 Å². The summed E-state index contributed by atoms with van der Waals surface area (Å²) in [4.78, 5) is 35.4. The zero-order chi connectivity index (χ0) is 15.2. The third-order valence-corrected chi connectivity index (χ3v) is 3.52. The highest BCUT2D eigenvalue weighted by Gasteiger charge is 2.26. The van der Waals surface area contributed by atoms with Gasteiger partial charge in [0, 0.05) is 23.6 Å². The van der Waals surface area contributed by atoms with E-state index in [1.54, 1.807) is 6.08 Å². The predicted octanol–water partition coefficient (Wildman–Crippen LogP) is 1.56. The van der Waals surface area contributed by atoms with E-state index in [1.165, 1.54) is 6.08 Å². The van der Waals surface area contributed by atoms with Crippen molar-refractivity contribution >= 4 is 39.9 Å². The summed E-state index contributed by atoms with van der Waals surface area (Å²) >= 11 is 3.35. The van der Waals surface area contributed by atoms with E-state index in [1.807, 2.05) is 24.3 Å². The van der Waals surface area contributed by atoms with Gasteiger partial charge in [-0.25, -0.2) is 9.59 Å². The van der Waals surface area contributed by atoms with E-state index in [0.29, 0.717) is 13.1 Å². The topological polar surface area (TPSA) is 75.7 Å². The molecule has 0 spiro atoms. The summed E-state index contributed by atoms with van der Waals surface area (Å²) < 4.78 is 5.66. The number of nitrogens with one attached hydrogen (secondary N) is 1. The lowest BCUT2D eigenvalue weighted by Crippen LogP contribution is -2.37. The van der Waals surface area contributed by atoms with Gasteiger partial charge >= 0.3 is 12.0 Å². The van der Waals surface area contributed by atoms with Crippen LogP contribution in [-0.2, 0) is 14.3 Å². The Hall–Kier alpha value is -2.15. The number of amides is 3. The van der Waals surface area contributed by atoms with Crippen LogP contribution >= 0.6 is 15.9 Å². The molecule has 0 aliphatic carbocycles. The summed E-state index contributed by atoms with van der Waals surface area (Å²) in [6.45, 7) is 0.259. The number of nitrogens with zero attached hydrogens (tertiary/aromatic N) is 1. The number of hydrogen-bond donors (Lipinski definition) is 1. The van der Waals surface area contributed by atoms with Crippen LogP contribution in [0.4, 0.5) is 4.79 Å². The summed E-state index contributed by atoms with van der Waals surface area (Å²) in [5.74, 6) is -1.17. The van der Waals surface area contributed by atoms with E-state index >= 15 is 0 Å². The molecule has 7 heteroatoms. The van der Waals surface area contributed by atoms with Gasteiger partial charge in [0.25, 0.3) is 5.91 Å². The number of halogens is 1. The van der Waals surface area contributed by atoms with Gasteiger partial charge in [0.2, 0.25) is 0 Å². The fourth-order valence-corrected chi connectivity index (χ4v) is 2.15. The highest BCUT2D eigenvalue weighted by atomic mass is 79.9. The Kier molecular flexibility index (Phi) is 5.10. The quantitative estimate of drug-likeness (QED) is 0.659. The molecule has 0 atom stereocenters. The Morgan fingerprint density at radius 1 is 1.38 bits per heavy atom. The molecule has 0 saturated carbocycles. The third-order valence-electron chi connectivity index (χ3n) is 2.80. The molecular weight excluding hydrogens is 340 g/mol. The molecule has 0 unspecified atom stereocenters. The van der Waals surface area contributed by atoms with Gasteiger partial charge in [-0.3, -0.25) is 9.69 Å². The molecule has 1 aromatic rings. The average Bonchev–Trinajstić information content (AvgIpc) is 2.90. The first-order valence-corrected chi connectivity index (χ1v) is 7.05. The van der Waals surface area contributed by atoms with Crippen molar-refractivity contribution in [3.8, 4) is 0 Å². The molecule has 110 valence electrons. The molecule has 1 aromatic carbocycles. The summed E-state index contributed by atoms with van der Waals surface area (Å²) in [6, 6.07) is 6.92. The largest absolute Gasteiger partial charge is 0.452 e. The second-order valence-corrected chi connectivity index (χ2v) is 5.09. The minimum Gasteiger partial charge on any atom is -0.452 e. The zero-order valence-electron chi connectivity index (χ0n) is 11.0. The van der Waals surface area contributed by atoms with Crippen LogP contribution in [0.25, 0.3) is 6.08 Å². The minimum atomic E-state index is -0.640. The van der Waals surface area contributed by atoms with E-state index in [-0.39, 0.29) is 0 Å². The fourth-order valence-electron chi connectivity index (χ4n) is 1.74. The van der Waals surface area contributed by atoms with Crippen molar-refractivity contribution in [2.45, 2.75) is 0 Å². The van der Waals surface area contributed by atoms with Crippen LogP contribution in [0, 0.1) is 0 Å². The monoisotopic (exact) mass is 352 g/mol. The van der Waals surface area contributed by atoms with Gasteiger partial charge in [-0.1, -0.05) is 34.1 Å². The lowest BCUT2D eigenvalue weighted by Gasteiger charge is -2.11. The molecule has 0 bridgehead atoms. The van der Waals surface area contributed by atoms with E-state index in [0.717, 1.165) is 14.9 Å². The molecule has 1 heterocycles. The van der Waals surface area contributed by atoms with Crippen molar-refractivity contribution in [2.24, 2.45) is 0 Å². The van der Waals surface area contributed by atoms with Crippen LogP contribution in [0.5, 0.6) is 0 Å². The smallest absolute Gasteiger partial charge is 0.331 e. The molecule has 21 heavy (non-hydrogen) atoms. The standard InChI is InChI=1S/C14H13BrN2O4/c15-11-4-2-1-3-10(11)5-6-13(19)21-9-12(18)17-8-7-16-14(17)20/h1-6H,7-9H2,(H,16,20)/b6-5+. The van der Waals surface area contributed by atoms with E-state index in [9.17, 15) is 14.4 Å². The van der Waals surface area contributed by atoms with Gasteiger partial charge in [0.1, 0.15) is 0 Å². The number of imide groups is 1. The van der Waals surface area contributed by atoms with E-state index in [2.05, 4.69) is 21.2 Å². The maximum absolute atomic E-state index is 11.6. The fraction of sp³-hybridized carbons (Fsp3) is 0.214. The molecule has 1 aliphatic rings. The SMILES string of the molecule is O=C(/C=C/c1ccccc1Br)OCC(=O)N1CCNC1=O. The number of rotatable bonds is 4. The summed E-state index contributed by atoms with van der Waals surface area (Å²) in [5.41, 5.74) is 0.819. The lowest BCUT2D eigenvalue weighted by atomic mass is 10.2. The van der Waals surface area contributed by atoms with Gasteiger partial charge in [-0.15, -0.1) is 0 Å². The Morgan fingerprint density at radius 2 is 2.14 bits per heavy atom. The second kappa shape index (κ2) is 7.03. The first-order chi connectivity index (χ1) is 10.1. The molecule has 2 rings (SSSR count).